The summed E-state index contributed by atoms with van der Waals surface area (Å²) in [4.78, 5) is 11.4. The Bertz CT molecular complexity index is 840. The lowest BCUT2D eigenvalue weighted by Crippen LogP contribution is -2.11. The number of alkyl halides is 3. The number of methoxy groups -OCH3 is 1. The Morgan fingerprint density at radius 1 is 1.09 bits per heavy atom. The Hall–Kier alpha value is -2.35. The second kappa shape index (κ2) is 6.04. The fraction of sp³-hybridized carbons (Fsp3) is 0.133. The summed E-state index contributed by atoms with van der Waals surface area (Å²) in [5.74, 6) is -0.755. The van der Waals surface area contributed by atoms with E-state index in [2.05, 4.69) is 15.0 Å². The molecule has 0 saturated heterocycles. The summed E-state index contributed by atoms with van der Waals surface area (Å²) < 4.78 is 44.2. The molecule has 0 fully saturated rings. The number of ether oxygens (including phenoxy) is 1. The molecule has 3 aromatic rings. The maximum absolute atomic E-state index is 13.0. The molecular formula is C15H10F3N3OS. The lowest BCUT2D eigenvalue weighted by molar-refractivity contribution is -0.145. The molecule has 0 N–H and O–H groups in total. The van der Waals surface area contributed by atoms with Crippen LogP contribution in [-0.4, -0.2) is 22.1 Å². The van der Waals surface area contributed by atoms with E-state index in [0.29, 0.717) is 16.2 Å². The molecular weight excluding hydrogens is 327 g/mol. The smallest absolute Gasteiger partial charge is 0.451 e. The van der Waals surface area contributed by atoms with E-state index in [0.717, 1.165) is 11.8 Å². The van der Waals surface area contributed by atoms with Crippen molar-refractivity contribution in [3.63, 3.8) is 0 Å². The number of fused-ring (bicyclic) bond motifs is 1. The number of rotatable bonds is 3. The average molecular weight is 337 g/mol. The highest BCUT2D eigenvalue weighted by atomic mass is 32.2. The van der Waals surface area contributed by atoms with Gasteiger partial charge in [-0.3, -0.25) is 0 Å². The lowest BCUT2D eigenvalue weighted by atomic mass is 10.2. The first kappa shape index (κ1) is 15.5. The first-order chi connectivity index (χ1) is 11.0. The van der Waals surface area contributed by atoms with E-state index in [1.54, 1.807) is 36.5 Å². The molecule has 0 radical (unpaired) electrons. The fourth-order valence-corrected chi connectivity index (χ4v) is 2.79. The van der Waals surface area contributed by atoms with Gasteiger partial charge in [-0.15, -0.1) is 0 Å². The third kappa shape index (κ3) is 3.37. The zero-order valence-corrected chi connectivity index (χ0v) is 12.6. The van der Waals surface area contributed by atoms with Gasteiger partial charge in [0.2, 0.25) is 5.82 Å². The molecule has 0 spiro atoms. The van der Waals surface area contributed by atoms with Gasteiger partial charge in [0.05, 0.1) is 12.6 Å². The minimum Gasteiger partial charge on any atom is -0.497 e. The standard InChI is InChI=1S/C15H10F3N3OS/c1-22-9-5-6-10-11(8-9)20-14(15(16,17)18)21-13(10)23-12-4-2-3-7-19-12/h2-8H,1H3. The highest BCUT2D eigenvalue weighted by Crippen LogP contribution is 2.35. The van der Waals surface area contributed by atoms with Crippen molar-refractivity contribution in [2.24, 2.45) is 0 Å². The molecule has 0 aliphatic heterocycles. The minimum atomic E-state index is -4.63. The minimum absolute atomic E-state index is 0.171. The molecule has 0 aliphatic carbocycles. The summed E-state index contributed by atoms with van der Waals surface area (Å²) >= 11 is 1.06. The molecule has 4 nitrogen and oxygen atoms in total. The van der Waals surface area contributed by atoms with Gasteiger partial charge in [0.15, 0.2) is 0 Å². The van der Waals surface area contributed by atoms with Crippen LogP contribution in [0.25, 0.3) is 10.9 Å². The third-order valence-corrected chi connectivity index (χ3v) is 3.92. The molecule has 8 heteroatoms. The zero-order valence-electron chi connectivity index (χ0n) is 11.8. The van der Waals surface area contributed by atoms with Crippen LogP contribution in [0.15, 0.2) is 52.6 Å². The number of pyridine rings is 1. The quantitative estimate of drug-likeness (QED) is 0.670. The van der Waals surface area contributed by atoms with Crippen LogP contribution in [0.3, 0.4) is 0 Å². The Morgan fingerprint density at radius 2 is 1.91 bits per heavy atom. The third-order valence-electron chi connectivity index (χ3n) is 2.96. The number of hydrogen-bond donors (Lipinski definition) is 0. The van der Waals surface area contributed by atoms with Gasteiger partial charge in [0, 0.05) is 17.6 Å². The Balaban J connectivity index is 2.17. The van der Waals surface area contributed by atoms with Gasteiger partial charge >= 0.3 is 6.18 Å². The zero-order chi connectivity index (χ0) is 16.4. The van der Waals surface area contributed by atoms with Gasteiger partial charge in [-0.2, -0.15) is 13.2 Å². The van der Waals surface area contributed by atoms with E-state index in [9.17, 15) is 13.2 Å². The molecule has 0 bridgehead atoms. The molecule has 23 heavy (non-hydrogen) atoms. The predicted octanol–water partition coefficient (Wildman–Crippen LogP) is 4.20. The summed E-state index contributed by atoms with van der Waals surface area (Å²) in [5.41, 5.74) is 0.171. The van der Waals surface area contributed by atoms with Crippen LogP contribution in [0.4, 0.5) is 13.2 Å². The molecule has 1 aromatic carbocycles. The van der Waals surface area contributed by atoms with Crippen molar-refractivity contribution in [2.45, 2.75) is 16.2 Å². The Labute approximate surface area is 133 Å². The van der Waals surface area contributed by atoms with Gasteiger partial charge in [-0.1, -0.05) is 6.07 Å². The van der Waals surface area contributed by atoms with Crippen molar-refractivity contribution in [3.05, 3.63) is 48.4 Å². The van der Waals surface area contributed by atoms with Gasteiger partial charge in [-0.05, 0) is 36.0 Å². The second-order valence-electron chi connectivity index (χ2n) is 4.50. The monoisotopic (exact) mass is 337 g/mol. The number of hydrogen-bond acceptors (Lipinski definition) is 5. The van der Waals surface area contributed by atoms with Crippen LogP contribution in [0.1, 0.15) is 5.82 Å². The van der Waals surface area contributed by atoms with Crippen LogP contribution in [0.5, 0.6) is 5.75 Å². The van der Waals surface area contributed by atoms with Crippen LogP contribution in [0.2, 0.25) is 0 Å². The molecule has 3 rings (SSSR count). The molecule has 0 unspecified atom stereocenters. The summed E-state index contributed by atoms with van der Waals surface area (Å²) in [6.45, 7) is 0. The van der Waals surface area contributed by atoms with E-state index in [1.165, 1.54) is 13.2 Å². The van der Waals surface area contributed by atoms with Gasteiger partial charge in [-0.25, -0.2) is 15.0 Å². The number of benzene rings is 1. The van der Waals surface area contributed by atoms with Crippen molar-refractivity contribution in [2.75, 3.05) is 7.11 Å². The van der Waals surface area contributed by atoms with E-state index in [4.69, 9.17) is 4.74 Å². The molecule has 118 valence electrons. The second-order valence-corrected chi connectivity index (χ2v) is 5.51. The maximum atomic E-state index is 13.0. The van der Waals surface area contributed by atoms with Gasteiger partial charge < -0.3 is 4.74 Å². The Morgan fingerprint density at radius 3 is 2.57 bits per heavy atom. The molecule has 2 aromatic heterocycles. The van der Waals surface area contributed by atoms with Crippen LogP contribution in [-0.2, 0) is 6.18 Å². The normalized spacial score (nSPS) is 11.7. The maximum Gasteiger partial charge on any atom is 0.451 e. The van der Waals surface area contributed by atoms with E-state index in [-0.39, 0.29) is 10.5 Å². The molecule has 0 aliphatic rings. The molecule has 2 heterocycles. The molecule has 0 amide bonds. The van der Waals surface area contributed by atoms with Gasteiger partial charge in [0.25, 0.3) is 0 Å². The van der Waals surface area contributed by atoms with E-state index < -0.39 is 12.0 Å². The van der Waals surface area contributed by atoms with Crippen LogP contribution < -0.4 is 4.74 Å². The number of aromatic nitrogens is 3. The van der Waals surface area contributed by atoms with Crippen LogP contribution in [0, 0.1) is 0 Å². The topological polar surface area (TPSA) is 47.9 Å². The van der Waals surface area contributed by atoms with Crippen molar-refractivity contribution < 1.29 is 17.9 Å². The van der Waals surface area contributed by atoms with Gasteiger partial charge in [0.1, 0.15) is 15.8 Å². The molecule has 0 atom stereocenters. The predicted molar refractivity (Wildman–Crippen MR) is 79.5 cm³/mol. The van der Waals surface area contributed by atoms with E-state index >= 15 is 0 Å². The van der Waals surface area contributed by atoms with Crippen molar-refractivity contribution in [3.8, 4) is 5.75 Å². The van der Waals surface area contributed by atoms with Crippen molar-refractivity contribution in [1.29, 1.82) is 0 Å². The SMILES string of the molecule is COc1ccc2c(Sc3ccccn3)nc(C(F)(F)F)nc2c1. The largest absolute Gasteiger partial charge is 0.497 e. The summed E-state index contributed by atoms with van der Waals surface area (Å²) in [6.07, 6.45) is -3.06. The first-order valence-corrected chi connectivity index (χ1v) is 7.31. The van der Waals surface area contributed by atoms with E-state index in [1.807, 2.05) is 0 Å². The Kier molecular flexibility index (Phi) is 4.08. The lowest BCUT2D eigenvalue weighted by Gasteiger charge is -2.11. The number of nitrogens with zero attached hydrogens (tertiary/aromatic N) is 3. The fourth-order valence-electron chi connectivity index (χ4n) is 1.92. The molecule has 0 saturated carbocycles. The first-order valence-electron chi connectivity index (χ1n) is 6.49. The average Bonchev–Trinajstić information content (AvgIpc) is 2.54. The summed E-state index contributed by atoms with van der Waals surface area (Å²) in [6, 6.07) is 9.94. The van der Waals surface area contributed by atoms with Crippen molar-refractivity contribution >= 4 is 22.7 Å². The summed E-state index contributed by atoms with van der Waals surface area (Å²) in [5, 5.41) is 1.26. The highest BCUT2D eigenvalue weighted by Gasteiger charge is 2.35. The highest BCUT2D eigenvalue weighted by molar-refractivity contribution is 7.99. The number of halogens is 3. The summed E-state index contributed by atoms with van der Waals surface area (Å²) in [7, 11) is 1.44. The van der Waals surface area contributed by atoms with Crippen LogP contribution >= 0.6 is 11.8 Å². The van der Waals surface area contributed by atoms with Crippen molar-refractivity contribution in [1.82, 2.24) is 15.0 Å².